The summed E-state index contributed by atoms with van der Waals surface area (Å²) in [5.41, 5.74) is 0.908. The topological polar surface area (TPSA) is 29.5 Å². The van der Waals surface area contributed by atoms with E-state index in [-0.39, 0.29) is 0 Å². The molecule has 0 heterocycles. The third-order valence-electron chi connectivity index (χ3n) is 4.43. The third kappa shape index (κ3) is 3.43. The predicted molar refractivity (Wildman–Crippen MR) is 78.7 cm³/mol. The van der Waals surface area contributed by atoms with Crippen molar-refractivity contribution in [1.29, 1.82) is 0 Å². The molecule has 0 amide bonds. The summed E-state index contributed by atoms with van der Waals surface area (Å²) in [6.07, 6.45) is 5.56. The maximum Gasteiger partial charge on any atom is 0.137 e. The van der Waals surface area contributed by atoms with E-state index >= 15 is 0 Å². The fourth-order valence-electron chi connectivity index (χ4n) is 3.05. The minimum atomic E-state index is -0.402. The summed E-state index contributed by atoms with van der Waals surface area (Å²) in [4.78, 5) is 0. The number of ether oxygens (including phenoxy) is 1. The van der Waals surface area contributed by atoms with Crippen molar-refractivity contribution in [2.24, 2.45) is 11.8 Å². The SMILES string of the molecule is CCC1CCC(C(O)c2ccc(OC)c(Cl)c2)CC1. The van der Waals surface area contributed by atoms with Crippen LogP contribution in [0.25, 0.3) is 0 Å². The van der Waals surface area contributed by atoms with Crippen LogP contribution < -0.4 is 4.74 Å². The van der Waals surface area contributed by atoms with E-state index in [1.165, 1.54) is 19.3 Å². The van der Waals surface area contributed by atoms with Crippen molar-refractivity contribution in [3.8, 4) is 5.75 Å². The largest absolute Gasteiger partial charge is 0.495 e. The molecule has 0 aromatic heterocycles. The molecule has 1 aromatic carbocycles. The van der Waals surface area contributed by atoms with E-state index in [4.69, 9.17) is 16.3 Å². The molecular weight excluding hydrogens is 260 g/mol. The van der Waals surface area contributed by atoms with E-state index in [0.717, 1.165) is 24.3 Å². The molecule has 1 saturated carbocycles. The molecule has 3 heteroatoms. The summed E-state index contributed by atoms with van der Waals surface area (Å²) in [5.74, 6) is 1.88. The van der Waals surface area contributed by atoms with Crippen LogP contribution in [-0.4, -0.2) is 12.2 Å². The highest BCUT2D eigenvalue weighted by molar-refractivity contribution is 6.32. The lowest BCUT2D eigenvalue weighted by Gasteiger charge is -2.31. The van der Waals surface area contributed by atoms with E-state index in [1.807, 2.05) is 18.2 Å². The smallest absolute Gasteiger partial charge is 0.137 e. The van der Waals surface area contributed by atoms with E-state index in [9.17, 15) is 5.11 Å². The van der Waals surface area contributed by atoms with Gasteiger partial charge in [-0.1, -0.05) is 43.9 Å². The lowest BCUT2D eigenvalue weighted by molar-refractivity contribution is 0.0729. The van der Waals surface area contributed by atoms with Gasteiger partial charge in [0.1, 0.15) is 5.75 Å². The van der Waals surface area contributed by atoms with Crippen LogP contribution in [0.2, 0.25) is 5.02 Å². The van der Waals surface area contributed by atoms with Crippen molar-refractivity contribution >= 4 is 11.6 Å². The molecule has 1 aliphatic carbocycles. The van der Waals surface area contributed by atoms with Gasteiger partial charge in [-0.3, -0.25) is 0 Å². The average molecular weight is 283 g/mol. The first-order valence-electron chi connectivity index (χ1n) is 7.17. The molecule has 0 aliphatic heterocycles. The van der Waals surface area contributed by atoms with Gasteiger partial charge in [0.05, 0.1) is 18.2 Å². The molecule has 0 bridgehead atoms. The van der Waals surface area contributed by atoms with Gasteiger partial charge in [0.15, 0.2) is 0 Å². The van der Waals surface area contributed by atoms with Gasteiger partial charge in [-0.05, 0) is 42.4 Å². The van der Waals surface area contributed by atoms with Gasteiger partial charge < -0.3 is 9.84 Å². The van der Waals surface area contributed by atoms with Crippen molar-refractivity contribution in [1.82, 2.24) is 0 Å². The molecule has 106 valence electrons. The molecule has 1 fully saturated rings. The minimum absolute atomic E-state index is 0.368. The molecule has 2 nitrogen and oxygen atoms in total. The van der Waals surface area contributed by atoms with Gasteiger partial charge >= 0.3 is 0 Å². The minimum Gasteiger partial charge on any atom is -0.495 e. The van der Waals surface area contributed by atoms with Crippen LogP contribution in [0, 0.1) is 11.8 Å². The first-order valence-corrected chi connectivity index (χ1v) is 7.55. The van der Waals surface area contributed by atoms with Gasteiger partial charge in [0.2, 0.25) is 0 Å². The Morgan fingerprint density at radius 3 is 2.53 bits per heavy atom. The number of benzene rings is 1. The summed E-state index contributed by atoms with van der Waals surface area (Å²) >= 11 is 6.12. The van der Waals surface area contributed by atoms with Crippen molar-refractivity contribution in [2.75, 3.05) is 7.11 Å². The molecule has 0 radical (unpaired) electrons. The molecular formula is C16H23ClO2. The number of rotatable bonds is 4. The number of aliphatic hydroxyl groups excluding tert-OH is 1. The molecule has 1 N–H and O–H groups in total. The summed E-state index contributed by atoms with van der Waals surface area (Å²) in [6.45, 7) is 2.25. The predicted octanol–water partition coefficient (Wildman–Crippen LogP) is 4.60. The van der Waals surface area contributed by atoms with Gasteiger partial charge in [0, 0.05) is 0 Å². The summed E-state index contributed by atoms with van der Waals surface area (Å²) in [5, 5.41) is 11.1. The fraction of sp³-hybridized carbons (Fsp3) is 0.625. The molecule has 19 heavy (non-hydrogen) atoms. The Morgan fingerprint density at radius 1 is 1.32 bits per heavy atom. The van der Waals surface area contributed by atoms with Crippen LogP contribution in [-0.2, 0) is 0 Å². The van der Waals surface area contributed by atoms with Crippen molar-refractivity contribution in [3.05, 3.63) is 28.8 Å². The summed E-state index contributed by atoms with van der Waals surface area (Å²) in [7, 11) is 1.60. The van der Waals surface area contributed by atoms with Crippen molar-refractivity contribution in [3.63, 3.8) is 0 Å². The Balaban J connectivity index is 2.03. The van der Waals surface area contributed by atoms with Crippen LogP contribution in [0.4, 0.5) is 0 Å². The lowest BCUT2D eigenvalue weighted by Crippen LogP contribution is -2.20. The van der Waals surface area contributed by atoms with Crippen LogP contribution in [0.15, 0.2) is 18.2 Å². The van der Waals surface area contributed by atoms with Gasteiger partial charge in [-0.25, -0.2) is 0 Å². The van der Waals surface area contributed by atoms with Gasteiger partial charge in [0.25, 0.3) is 0 Å². The average Bonchev–Trinajstić information content (AvgIpc) is 2.46. The standard InChI is InChI=1S/C16H23ClO2/c1-3-11-4-6-12(7-5-11)16(18)13-8-9-15(19-2)14(17)10-13/h8-12,16,18H,3-7H2,1-2H3. The van der Waals surface area contributed by atoms with E-state index < -0.39 is 6.10 Å². The van der Waals surface area contributed by atoms with Crippen molar-refractivity contribution < 1.29 is 9.84 Å². The van der Waals surface area contributed by atoms with Crippen LogP contribution in [0.3, 0.4) is 0 Å². The number of halogens is 1. The lowest BCUT2D eigenvalue weighted by atomic mass is 9.77. The number of methoxy groups -OCH3 is 1. The molecule has 0 saturated heterocycles. The van der Waals surface area contributed by atoms with E-state index in [2.05, 4.69) is 6.92 Å². The van der Waals surface area contributed by atoms with E-state index in [1.54, 1.807) is 7.11 Å². The Kier molecular flexibility index (Phi) is 5.12. The third-order valence-corrected chi connectivity index (χ3v) is 4.73. The first kappa shape index (κ1) is 14.7. The Morgan fingerprint density at radius 2 is 2.00 bits per heavy atom. The monoisotopic (exact) mass is 282 g/mol. The number of hydrogen-bond acceptors (Lipinski definition) is 2. The van der Waals surface area contributed by atoms with Gasteiger partial charge in [-0.15, -0.1) is 0 Å². The fourth-order valence-corrected chi connectivity index (χ4v) is 3.32. The van der Waals surface area contributed by atoms with Crippen LogP contribution in [0.5, 0.6) is 5.75 Å². The Hall–Kier alpha value is -0.730. The van der Waals surface area contributed by atoms with Crippen LogP contribution >= 0.6 is 11.6 Å². The molecule has 0 spiro atoms. The second-order valence-electron chi connectivity index (χ2n) is 5.53. The molecule has 1 unspecified atom stereocenters. The maximum absolute atomic E-state index is 10.5. The number of hydrogen-bond donors (Lipinski definition) is 1. The second-order valence-corrected chi connectivity index (χ2v) is 5.94. The zero-order valence-corrected chi connectivity index (χ0v) is 12.5. The molecule has 1 aliphatic rings. The first-order chi connectivity index (χ1) is 9.15. The van der Waals surface area contributed by atoms with Crippen LogP contribution in [0.1, 0.15) is 50.7 Å². The Labute approximate surface area is 120 Å². The summed E-state index contributed by atoms with van der Waals surface area (Å²) in [6, 6.07) is 5.58. The highest BCUT2D eigenvalue weighted by atomic mass is 35.5. The highest BCUT2D eigenvalue weighted by Gasteiger charge is 2.26. The number of aliphatic hydroxyl groups is 1. The maximum atomic E-state index is 10.5. The van der Waals surface area contributed by atoms with Crippen molar-refractivity contribution in [2.45, 2.75) is 45.1 Å². The van der Waals surface area contributed by atoms with Gasteiger partial charge in [-0.2, -0.15) is 0 Å². The zero-order chi connectivity index (χ0) is 13.8. The highest BCUT2D eigenvalue weighted by Crippen LogP contribution is 2.39. The zero-order valence-electron chi connectivity index (χ0n) is 11.7. The molecule has 2 rings (SSSR count). The molecule has 1 atom stereocenters. The van der Waals surface area contributed by atoms with E-state index in [0.29, 0.717) is 16.7 Å². The normalized spacial score (nSPS) is 25.1. The second kappa shape index (κ2) is 6.62. The molecule has 1 aromatic rings. The summed E-state index contributed by atoms with van der Waals surface area (Å²) < 4.78 is 5.14. The quantitative estimate of drug-likeness (QED) is 0.875. The Bertz CT molecular complexity index is 411.